The summed E-state index contributed by atoms with van der Waals surface area (Å²) in [5.41, 5.74) is 11.5. The molecule has 3 N–H and O–H groups in total. The van der Waals surface area contributed by atoms with Crippen molar-refractivity contribution in [1.29, 1.82) is 0 Å². The Balaban J connectivity index is 0.000000174. The number of H-pyrrole nitrogens is 1. The topological polar surface area (TPSA) is 142 Å². The van der Waals surface area contributed by atoms with Crippen LogP contribution in [0.3, 0.4) is 0 Å². The van der Waals surface area contributed by atoms with Gasteiger partial charge in [0.05, 0.1) is 0 Å². The lowest BCUT2D eigenvalue weighted by molar-refractivity contribution is 0.251. The van der Waals surface area contributed by atoms with E-state index in [0.29, 0.717) is 28.5 Å². The number of nitrogens with one attached hydrogen (secondary N) is 1. The van der Waals surface area contributed by atoms with E-state index in [0.717, 1.165) is 33.4 Å². The molecule has 6 aromatic rings. The Hall–Kier alpha value is -4.51. The number of fused-ring (bicyclic) bond motifs is 1. The molecule has 0 radical (unpaired) electrons. The molecule has 0 atom stereocenters. The maximum Gasteiger partial charge on any atom is 0.207 e. The number of ether oxygens (including phenoxy) is 1. The predicted molar refractivity (Wildman–Crippen MR) is 137 cm³/mol. The number of nitrogens with two attached hydrogens (primary N) is 1. The van der Waals surface area contributed by atoms with Gasteiger partial charge in [0.15, 0.2) is 17.0 Å². The van der Waals surface area contributed by atoms with Gasteiger partial charge in [-0.05, 0) is 0 Å². The van der Waals surface area contributed by atoms with Crippen LogP contribution in [0.1, 0.15) is 11.3 Å². The van der Waals surface area contributed by atoms with E-state index in [1.165, 1.54) is 0 Å². The second-order valence-electron chi connectivity index (χ2n) is 7.56. The van der Waals surface area contributed by atoms with Crippen molar-refractivity contribution in [3.63, 3.8) is 0 Å². The Labute approximate surface area is 213 Å². The van der Waals surface area contributed by atoms with E-state index < -0.39 is 0 Å². The third-order valence-electron chi connectivity index (χ3n) is 5.11. The molecule has 0 unspecified atom stereocenters. The van der Waals surface area contributed by atoms with E-state index in [4.69, 9.17) is 19.5 Å². The second kappa shape index (κ2) is 10.8. The number of aromatic amines is 1. The summed E-state index contributed by atoms with van der Waals surface area (Å²) < 4.78 is 15.9. The molecule has 0 aliphatic carbocycles. The number of halogens is 1. The summed E-state index contributed by atoms with van der Waals surface area (Å²) in [6.45, 7) is 0.200. The van der Waals surface area contributed by atoms with Crippen LogP contribution < -0.4 is 10.5 Å². The molecule has 2 aromatic carbocycles. The van der Waals surface area contributed by atoms with Crippen LogP contribution in [-0.4, -0.2) is 30.7 Å². The molecule has 0 saturated heterocycles. The monoisotopic (exact) mass is 545 g/mol. The van der Waals surface area contributed by atoms with Crippen LogP contribution in [0, 0.1) is 0 Å². The lowest BCUT2D eigenvalue weighted by Gasteiger charge is -2.04. The summed E-state index contributed by atoms with van der Waals surface area (Å²) in [5.74, 6) is 1.39. The number of hydrogen-bond donors (Lipinski definition) is 2. The normalized spacial score (nSPS) is 10.7. The molecule has 0 saturated carbocycles. The molecule has 0 amide bonds. The first-order valence-corrected chi connectivity index (χ1v) is 12.0. The molecule has 4 aromatic heterocycles. The van der Waals surface area contributed by atoms with Crippen LogP contribution >= 0.6 is 15.9 Å². The van der Waals surface area contributed by atoms with Crippen LogP contribution in [0.5, 0.6) is 5.75 Å². The average Bonchev–Trinajstić information content (AvgIpc) is 3.69. The zero-order valence-corrected chi connectivity index (χ0v) is 20.4. The summed E-state index contributed by atoms with van der Waals surface area (Å²) in [4.78, 5) is 4.05. The van der Waals surface area contributed by atoms with Crippen molar-refractivity contribution in [2.45, 2.75) is 11.9 Å². The minimum Gasteiger partial charge on any atom is -0.483 e. The number of pyridine rings is 1. The highest BCUT2D eigenvalue weighted by molar-refractivity contribution is 9.08. The minimum atomic E-state index is 0.200. The molecule has 0 aliphatic rings. The lowest BCUT2D eigenvalue weighted by atomic mass is 10.1. The molecule has 0 aliphatic heterocycles. The Kier molecular flexibility index (Phi) is 6.99. The number of alkyl halides is 1. The van der Waals surface area contributed by atoms with Crippen molar-refractivity contribution >= 4 is 32.9 Å². The standard InChI is InChI=1S/C15H12N6O2.C10H8BrNO/c16-13-7-12(14-15(17-13)19-21-18-14)22-8-10-6-11(20-23-10)9-4-2-1-3-5-9;11-6-9-7-13-12-10(9)8-4-2-1-3-5-8/h1-7H,8H2,(H3,16,17,18,19,21);1-5,7H,6H2. The number of hydrogen-bond acceptors (Lipinski definition) is 9. The van der Waals surface area contributed by atoms with Gasteiger partial charge in [0.25, 0.3) is 0 Å². The summed E-state index contributed by atoms with van der Waals surface area (Å²) in [6, 6.07) is 23.2. The molecular weight excluding hydrogens is 526 g/mol. The highest BCUT2D eigenvalue weighted by Gasteiger charge is 2.12. The lowest BCUT2D eigenvalue weighted by Crippen LogP contribution is -1.98. The molecule has 4 heterocycles. The Morgan fingerprint density at radius 2 is 1.67 bits per heavy atom. The van der Waals surface area contributed by atoms with E-state index in [1.54, 1.807) is 12.3 Å². The number of aromatic nitrogens is 6. The molecule has 11 heteroatoms. The molecule has 36 heavy (non-hydrogen) atoms. The summed E-state index contributed by atoms with van der Waals surface area (Å²) in [7, 11) is 0. The predicted octanol–water partition coefficient (Wildman–Crippen LogP) is 5.41. The molecule has 6 rings (SSSR count). The van der Waals surface area contributed by atoms with Crippen molar-refractivity contribution < 1.29 is 13.8 Å². The maximum atomic E-state index is 5.72. The van der Waals surface area contributed by atoms with Crippen molar-refractivity contribution in [2.24, 2.45) is 0 Å². The van der Waals surface area contributed by atoms with Gasteiger partial charge >= 0.3 is 0 Å². The smallest absolute Gasteiger partial charge is 0.207 e. The number of rotatable bonds is 6. The first kappa shape index (κ1) is 23.2. The molecule has 10 nitrogen and oxygen atoms in total. The number of anilines is 1. The summed E-state index contributed by atoms with van der Waals surface area (Å²) in [5, 5.41) is 19.1. The van der Waals surface area contributed by atoms with E-state index >= 15 is 0 Å². The van der Waals surface area contributed by atoms with Gasteiger partial charge in [0.2, 0.25) is 5.65 Å². The van der Waals surface area contributed by atoms with E-state index in [9.17, 15) is 0 Å². The largest absolute Gasteiger partial charge is 0.483 e. The number of nitrogens with zero attached hydrogens (tertiary/aromatic N) is 5. The van der Waals surface area contributed by atoms with Crippen molar-refractivity contribution in [2.75, 3.05) is 5.73 Å². The molecular formula is C25H20BrN7O3. The van der Waals surface area contributed by atoms with Gasteiger partial charge < -0.3 is 19.5 Å². The van der Waals surface area contributed by atoms with Gasteiger partial charge in [0.1, 0.15) is 30.1 Å². The molecule has 0 bridgehead atoms. The first-order valence-electron chi connectivity index (χ1n) is 10.9. The van der Waals surface area contributed by atoms with E-state index in [-0.39, 0.29) is 6.61 Å². The molecule has 0 spiro atoms. The Morgan fingerprint density at radius 1 is 0.917 bits per heavy atom. The van der Waals surface area contributed by atoms with E-state index in [1.807, 2.05) is 66.7 Å². The van der Waals surface area contributed by atoms with Gasteiger partial charge in [0, 0.05) is 34.2 Å². The van der Waals surface area contributed by atoms with Crippen LogP contribution in [0.15, 0.2) is 88.1 Å². The third kappa shape index (κ3) is 5.26. The quantitative estimate of drug-likeness (QED) is 0.262. The minimum absolute atomic E-state index is 0.200. The fraction of sp³-hybridized carbons (Fsp3) is 0.0800. The van der Waals surface area contributed by atoms with E-state index in [2.05, 4.69) is 46.6 Å². The van der Waals surface area contributed by atoms with Crippen LogP contribution in [-0.2, 0) is 11.9 Å². The van der Waals surface area contributed by atoms with Crippen molar-refractivity contribution in [3.8, 4) is 28.3 Å². The average molecular weight is 546 g/mol. The van der Waals surface area contributed by atoms with Gasteiger partial charge in [-0.15, -0.1) is 5.10 Å². The number of benzene rings is 2. The van der Waals surface area contributed by atoms with Crippen molar-refractivity contribution in [1.82, 2.24) is 30.7 Å². The fourth-order valence-corrected chi connectivity index (χ4v) is 3.79. The van der Waals surface area contributed by atoms with Gasteiger partial charge in [-0.25, -0.2) is 4.98 Å². The molecule has 180 valence electrons. The van der Waals surface area contributed by atoms with Gasteiger partial charge in [-0.2, -0.15) is 10.3 Å². The SMILES string of the molecule is BrCc1conc1-c1ccccc1.Nc1cc(OCc2cc(-c3ccccc3)no2)c2n[nH]nc2n1. The Bertz CT molecular complexity index is 1550. The van der Waals surface area contributed by atoms with Crippen LogP contribution in [0.2, 0.25) is 0 Å². The first-order chi connectivity index (χ1) is 17.7. The number of nitrogen functional groups attached to an aromatic ring is 1. The molecule has 0 fully saturated rings. The Morgan fingerprint density at radius 3 is 2.42 bits per heavy atom. The summed E-state index contributed by atoms with van der Waals surface area (Å²) >= 11 is 3.38. The zero-order chi connectivity index (χ0) is 24.7. The fourth-order valence-electron chi connectivity index (χ4n) is 3.40. The van der Waals surface area contributed by atoms with Gasteiger partial charge in [-0.3, -0.25) is 0 Å². The van der Waals surface area contributed by atoms with Crippen molar-refractivity contribution in [3.05, 3.63) is 90.4 Å². The van der Waals surface area contributed by atoms with Gasteiger partial charge in [-0.1, -0.05) is 86.9 Å². The second-order valence-corrected chi connectivity index (χ2v) is 8.12. The zero-order valence-electron chi connectivity index (χ0n) is 18.8. The summed E-state index contributed by atoms with van der Waals surface area (Å²) in [6.07, 6.45) is 1.66. The maximum absolute atomic E-state index is 5.72. The van der Waals surface area contributed by atoms with Crippen LogP contribution in [0.25, 0.3) is 33.7 Å². The highest BCUT2D eigenvalue weighted by Crippen LogP contribution is 2.25. The third-order valence-corrected chi connectivity index (χ3v) is 5.71. The highest BCUT2D eigenvalue weighted by atomic mass is 79.9. The van der Waals surface area contributed by atoms with Crippen LogP contribution in [0.4, 0.5) is 5.82 Å².